The molecule has 21 heavy (non-hydrogen) atoms. The first-order valence-electron chi connectivity index (χ1n) is 8.04. The van der Waals surface area contributed by atoms with Crippen LogP contribution in [0, 0.1) is 0 Å². The summed E-state index contributed by atoms with van der Waals surface area (Å²) in [5.41, 5.74) is 0. The van der Waals surface area contributed by atoms with Gasteiger partial charge in [-0.3, -0.25) is 0 Å². The molecule has 0 spiro atoms. The van der Waals surface area contributed by atoms with Crippen molar-refractivity contribution in [3.05, 3.63) is 0 Å². The second kappa shape index (κ2) is 14.5. The zero-order valence-corrected chi connectivity index (χ0v) is 16.8. The SMILES string of the molecule is CCCCCCCCC(CCCC(O)CC)S(=O)(=O)[O-].[Na+]. The molecule has 2 atom stereocenters. The molecule has 6 heteroatoms. The molecule has 0 aromatic carbocycles. The quantitative estimate of drug-likeness (QED) is 0.305. The molecule has 0 aromatic rings. The number of hydrogen-bond donors (Lipinski definition) is 1. The molecule has 0 saturated heterocycles. The predicted molar refractivity (Wildman–Crippen MR) is 81.6 cm³/mol. The molecule has 0 aromatic heterocycles. The molecular weight excluding hydrogens is 299 g/mol. The molecule has 0 aliphatic rings. The van der Waals surface area contributed by atoms with Crippen LogP contribution in [0.5, 0.6) is 0 Å². The van der Waals surface area contributed by atoms with Gasteiger partial charge in [-0.15, -0.1) is 0 Å². The summed E-state index contributed by atoms with van der Waals surface area (Å²) in [7, 11) is -4.20. The topological polar surface area (TPSA) is 77.4 Å². The molecule has 122 valence electrons. The molecular formula is C15H31NaO4S. The summed E-state index contributed by atoms with van der Waals surface area (Å²) in [5.74, 6) is 0. The van der Waals surface area contributed by atoms with Crippen molar-refractivity contribution in [1.29, 1.82) is 0 Å². The Morgan fingerprint density at radius 3 is 1.95 bits per heavy atom. The van der Waals surface area contributed by atoms with Gasteiger partial charge >= 0.3 is 29.6 Å². The van der Waals surface area contributed by atoms with Crippen LogP contribution in [-0.4, -0.2) is 29.4 Å². The average Bonchev–Trinajstić information content (AvgIpc) is 2.38. The van der Waals surface area contributed by atoms with Crippen molar-refractivity contribution in [1.82, 2.24) is 0 Å². The van der Waals surface area contributed by atoms with Crippen LogP contribution in [0.25, 0.3) is 0 Å². The van der Waals surface area contributed by atoms with Crippen LogP contribution in [0.4, 0.5) is 0 Å². The predicted octanol–water partition coefficient (Wildman–Crippen LogP) is 0.596. The van der Waals surface area contributed by atoms with E-state index in [2.05, 4.69) is 6.92 Å². The van der Waals surface area contributed by atoms with E-state index in [0.29, 0.717) is 32.1 Å². The molecule has 0 radical (unpaired) electrons. The van der Waals surface area contributed by atoms with E-state index in [1.165, 1.54) is 19.3 Å². The molecule has 2 unspecified atom stereocenters. The van der Waals surface area contributed by atoms with Gasteiger partial charge < -0.3 is 9.66 Å². The van der Waals surface area contributed by atoms with Crippen LogP contribution in [-0.2, 0) is 10.1 Å². The van der Waals surface area contributed by atoms with Crippen LogP contribution < -0.4 is 29.6 Å². The van der Waals surface area contributed by atoms with E-state index < -0.39 is 15.4 Å². The van der Waals surface area contributed by atoms with Crippen LogP contribution >= 0.6 is 0 Å². The zero-order chi connectivity index (χ0) is 15.4. The Morgan fingerprint density at radius 1 is 0.905 bits per heavy atom. The van der Waals surface area contributed by atoms with Gasteiger partial charge in [0.1, 0.15) is 0 Å². The summed E-state index contributed by atoms with van der Waals surface area (Å²) in [5, 5.41) is 8.68. The van der Waals surface area contributed by atoms with E-state index in [4.69, 9.17) is 0 Å². The minimum Gasteiger partial charge on any atom is -0.748 e. The second-order valence-electron chi connectivity index (χ2n) is 5.66. The van der Waals surface area contributed by atoms with Crippen molar-refractivity contribution in [3.63, 3.8) is 0 Å². The van der Waals surface area contributed by atoms with Gasteiger partial charge in [-0.25, -0.2) is 8.42 Å². The van der Waals surface area contributed by atoms with Gasteiger partial charge in [-0.05, 0) is 32.1 Å². The summed E-state index contributed by atoms with van der Waals surface area (Å²) < 4.78 is 33.7. The summed E-state index contributed by atoms with van der Waals surface area (Å²) in [6, 6.07) is 0. The normalized spacial score (nSPS) is 14.5. The molecule has 0 bridgehead atoms. The molecule has 1 N–H and O–H groups in total. The fraction of sp³-hybridized carbons (Fsp3) is 1.00. The number of hydrogen-bond acceptors (Lipinski definition) is 4. The van der Waals surface area contributed by atoms with Crippen LogP contribution in [0.3, 0.4) is 0 Å². The third-order valence-corrected chi connectivity index (χ3v) is 5.11. The third-order valence-electron chi connectivity index (χ3n) is 3.82. The molecule has 0 saturated carbocycles. The molecule has 0 amide bonds. The van der Waals surface area contributed by atoms with Crippen molar-refractivity contribution >= 4 is 10.1 Å². The third kappa shape index (κ3) is 14.2. The maximum Gasteiger partial charge on any atom is 1.00 e. The fourth-order valence-electron chi connectivity index (χ4n) is 2.37. The summed E-state index contributed by atoms with van der Waals surface area (Å²) in [4.78, 5) is 0. The van der Waals surface area contributed by atoms with Crippen molar-refractivity contribution in [3.8, 4) is 0 Å². The first-order valence-corrected chi connectivity index (χ1v) is 9.51. The van der Waals surface area contributed by atoms with E-state index in [9.17, 15) is 18.1 Å². The van der Waals surface area contributed by atoms with Crippen LogP contribution in [0.2, 0.25) is 0 Å². The van der Waals surface area contributed by atoms with Crippen LogP contribution in [0.15, 0.2) is 0 Å². The Kier molecular flexibility index (Phi) is 16.6. The van der Waals surface area contributed by atoms with E-state index in [1.54, 1.807) is 0 Å². The molecule has 0 rings (SSSR count). The van der Waals surface area contributed by atoms with Gasteiger partial charge in [-0.1, -0.05) is 52.4 Å². The Balaban J connectivity index is 0. The second-order valence-corrected chi connectivity index (χ2v) is 7.32. The average molecular weight is 330 g/mol. The number of rotatable bonds is 13. The van der Waals surface area contributed by atoms with E-state index in [-0.39, 0.29) is 35.7 Å². The van der Waals surface area contributed by atoms with Gasteiger partial charge in [0, 0.05) is 5.25 Å². The number of aliphatic hydroxyl groups is 1. The smallest absolute Gasteiger partial charge is 0.748 e. The van der Waals surface area contributed by atoms with Gasteiger partial charge in [0.25, 0.3) is 0 Å². The standard InChI is InChI=1S/C15H32O4S.Na/c1-3-5-6-7-8-9-12-15(20(17,18)19)13-10-11-14(16)4-2;/h14-16H,3-13H2,1-2H3,(H,17,18,19);/q;+1/p-1. The van der Waals surface area contributed by atoms with Crippen molar-refractivity contribution in [2.45, 2.75) is 95.8 Å². The minimum absolute atomic E-state index is 0. The monoisotopic (exact) mass is 330 g/mol. The Labute approximate surface area is 153 Å². The Morgan fingerprint density at radius 2 is 1.43 bits per heavy atom. The molecule has 0 aliphatic heterocycles. The van der Waals surface area contributed by atoms with Gasteiger partial charge in [-0.2, -0.15) is 0 Å². The minimum atomic E-state index is -4.20. The van der Waals surface area contributed by atoms with Crippen molar-refractivity contribution in [2.75, 3.05) is 0 Å². The van der Waals surface area contributed by atoms with Crippen LogP contribution in [0.1, 0.15) is 84.5 Å². The molecule has 0 aliphatic carbocycles. The largest absolute Gasteiger partial charge is 1.00 e. The Bertz CT molecular complexity index is 320. The van der Waals surface area contributed by atoms with E-state index in [1.807, 2.05) is 6.92 Å². The molecule has 4 nitrogen and oxygen atoms in total. The van der Waals surface area contributed by atoms with E-state index >= 15 is 0 Å². The van der Waals surface area contributed by atoms with Crippen molar-refractivity contribution in [2.24, 2.45) is 0 Å². The zero-order valence-electron chi connectivity index (χ0n) is 14.0. The van der Waals surface area contributed by atoms with Gasteiger partial charge in [0.2, 0.25) is 0 Å². The fourth-order valence-corrected chi connectivity index (χ4v) is 3.28. The Hall–Kier alpha value is 0.870. The first kappa shape index (κ1) is 24.1. The van der Waals surface area contributed by atoms with Gasteiger partial charge in [0.05, 0.1) is 16.2 Å². The summed E-state index contributed by atoms with van der Waals surface area (Å²) in [6.45, 7) is 4.05. The van der Waals surface area contributed by atoms with Gasteiger partial charge in [0.15, 0.2) is 0 Å². The van der Waals surface area contributed by atoms with Crippen molar-refractivity contribution < 1.29 is 47.6 Å². The summed E-state index contributed by atoms with van der Waals surface area (Å²) >= 11 is 0. The number of aliphatic hydroxyl groups excluding tert-OH is 1. The molecule has 0 fully saturated rings. The first-order chi connectivity index (χ1) is 9.41. The molecule has 0 heterocycles. The van der Waals surface area contributed by atoms with E-state index in [0.717, 1.165) is 19.3 Å². The summed E-state index contributed by atoms with van der Waals surface area (Å²) in [6.07, 6.45) is 8.88. The maximum absolute atomic E-state index is 11.2. The maximum atomic E-state index is 11.2. The number of unbranched alkanes of at least 4 members (excludes halogenated alkanes) is 5.